The van der Waals surface area contributed by atoms with Crippen LogP contribution in [0.25, 0.3) is 5.69 Å². The van der Waals surface area contributed by atoms with Crippen molar-refractivity contribution in [2.75, 3.05) is 49.6 Å². The van der Waals surface area contributed by atoms with E-state index in [2.05, 4.69) is 26.3 Å². The number of nitrogens with one attached hydrogen (secondary N) is 1. The third kappa shape index (κ3) is 5.72. The molecule has 10 heteroatoms. The lowest BCUT2D eigenvalue weighted by molar-refractivity contribution is 0.0115. The van der Waals surface area contributed by atoms with Crippen molar-refractivity contribution < 1.29 is 14.3 Å². The number of nitrogens with zero attached hydrogens (tertiary/aromatic N) is 5. The van der Waals surface area contributed by atoms with Crippen molar-refractivity contribution in [1.82, 2.24) is 14.7 Å². The van der Waals surface area contributed by atoms with Gasteiger partial charge >= 0.3 is 6.09 Å². The van der Waals surface area contributed by atoms with E-state index in [4.69, 9.17) is 21.1 Å². The number of aromatic nitrogens is 2. The molecule has 1 aromatic heterocycles. The molecule has 0 spiro atoms. The fraction of sp³-hybridized carbons (Fsp3) is 0.370. The standard InChI is InChI=1S/C27H29ClN6O3/c1-19-26(18-30-34(19)24-4-2-3-21(28)16-24)37-27(35)31-22-5-6-25(20(15-22)17-29)33-9-7-23(8-10-33)32-11-13-36-14-12-32/h2-6,15-16,18,23H,7-14H2,1H3,(H,31,35). The van der Waals surface area contributed by atoms with E-state index in [0.717, 1.165) is 63.6 Å². The Kier molecular flexibility index (Phi) is 7.60. The first-order chi connectivity index (χ1) is 18.0. The molecule has 0 aliphatic carbocycles. The first kappa shape index (κ1) is 25.1. The highest BCUT2D eigenvalue weighted by Gasteiger charge is 2.27. The van der Waals surface area contributed by atoms with Gasteiger partial charge in [-0.2, -0.15) is 10.4 Å². The van der Waals surface area contributed by atoms with Crippen LogP contribution in [-0.4, -0.2) is 66.2 Å². The van der Waals surface area contributed by atoms with E-state index >= 15 is 0 Å². The molecule has 2 aromatic carbocycles. The number of morpholine rings is 1. The highest BCUT2D eigenvalue weighted by Crippen LogP contribution is 2.29. The number of anilines is 2. The van der Waals surface area contributed by atoms with Gasteiger partial charge in [-0.05, 0) is 56.2 Å². The summed E-state index contributed by atoms with van der Waals surface area (Å²) in [6.45, 7) is 7.18. The molecule has 2 saturated heterocycles. The second-order valence-corrected chi connectivity index (χ2v) is 9.65. The van der Waals surface area contributed by atoms with Crippen molar-refractivity contribution in [2.45, 2.75) is 25.8 Å². The molecule has 2 aliphatic rings. The number of ether oxygens (including phenoxy) is 2. The Balaban J connectivity index is 1.21. The van der Waals surface area contributed by atoms with Gasteiger partial charge in [-0.3, -0.25) is 10.2 Å². The Bertz CT molecular complexity index is 1310. The number of carbonyl (C=O) groups excluding carboxylic acids is 1. The van der Waals surface area contributed by atoms with Gasteiger partial charge in [0.1, 0.15) is 6.07 Å². The second kappa shape index (κ2) is 11.2. The predicted octanol–water partition coefficient (Wildman–Crippen LogP) is 4.62. The second-order valence-electron chi connectivity index (χ2n) is 9.21. The molecule has 0 atom stereocenters. The molecule has 3 heterocycles. The average molecular weight is 521 g/mol. The summed E-state index contributed by atoms with van der Waals surface area (Å²) in [6, 6.07) is 15.5. The van der Waals surface area contributed by atoms with E-state index in [0.29, 0.717) is 33.8 Å². The number of piperidine rings is 1. The van der Waals surface area contributed by atoms with Gasteiger partial charge in [0.05, 0.1) is 42.0 Å². The largest absolute Gasteiger partial charge is 0.417 e. The molecule has 3 aromatic rings. The normalized spacial score (nSPS) is 16.8. The maximum absolute atomic E-state index is 12.6. The van der Waals surface area contributed by atoms with E-state index in [1.54, 1.807) is 35.9 Å². The summed E-state index contributed by atoms with van der Waals surface area (Å²) in [5, 5.41) is 17.4. The lowest BCUT2D eigenvalue weighted by Crippen LogP contribution is -2.49. The summed E-state index contributed by atoms with van der Waals surface area (Å²) in [5.74, 6) is 0.331. The van der Waals surface area contributed by atoms with Crippen LogP contribution in [0, 0.1) is 18.3 Å². The number of hydrogen-bond donors (Lipinski definition) is 1. The molecule has 0 radical (unpaired) electrons. The fourth-order valence-corrected chi connectivity index (χ4v) is 5.18. The highest BCUT2D eigenvalue weighted by molar-refractivity contribution is 6.30. The molecule has 1 N–H and O–H groups in total. The zero-order valence-corrected chi connectivity index (χ0v) is 21.4. The molecular weight excluding hydrogens is 492 g/mol. The third-order valence-corrected chi connectivity index (χ3v) is 7.19. The number of rotatable bonds is 5. The summed E-state index contributed by atoms with van der Waals surface area (Å²) in [5.41, 5.74) is 3.33. The van der Waals surface area contributed by atoms with Crippen LogP contribution in [0.4, 0.5) is 16.2 Å². The predicted molar refractivity (Wildman–Crippen MR) is 142 cm³/mol. The van der Waals surface area contributed by atoms with Crippen LogP contribution in [0.2, 0.25) is 5.02 Å². The fourth-order valence-electron chi connectivity index (χ4n) is 5.00. The molecule has 2 aliphatic heterocycles. The molecule has 9 nitrogen and oxygen atoms in total. The number of amides is 1. The van der Waals surface area contributed by atoms with Gasteiger partial charge in [0.2, 0.25) is 0 Å². The topological polar surface area (TPSA) is 95.7 Å². The number of benzene rings is 2. The number of carbonyl (C=O) groups is 1. The Morgan fingerprint density at radius 3 is 2.68 bits per heavy atom. The molecule has 0 unspecified atom stereocenters. The minimum absolute atomic E-state index is 0.331. The summed E-state index contributed by atoms with van der Waals surface area (Å²) >= 11 is 6.08. The Hall–Kier alpha value is -3.58. The van der Waals surface area contributed by atoms with E-state index in [1.165, 1.54) is 6.20 Å². The SMILES string of the molecule is Cc1c(OC(=O)Nc2ccc(N3CCC(N4CCOCC4)CC3)c(C#N)c2)cnn1-c1cccc(Cl)c1. The minimum Gasteiger partial charge on any atom is -0.406 e. The van der Waals surface area contributed by atoms with Crippen LogP contribution >= 0.6 is 11.6 Å². The van der Waals surface area contributed by atoms with Crippen molar-refractivity contribution in [3.8, 4) is 17.5 Å². The zero-order valence-electron chi connectivity index (χ0n) is 20.7. The Morgan fingerprint density at radius 2 is 1.95 bits per heavy atom. The van der Waals surface area contributed by atoms with E-state index < -0.39 is 6.09 Å². The van der Waals surface area contributed by atoms with Gasteiger partial charge in [0.15, 0.2) is 5.75 Å². The van der Waals surface area contributed by atoms with E-state index in [1.807, 2.05) is 18.2 Å². The van der Waals surface area contributed by atoms with Gasteiger partial charge in [0.25, 0.3) is 0 Å². The van der Waals surface area contributed by atoms with Crippen LogP contribution in [0.3, 0.4) is 0 Å². The summed E-state index contributed by atoms with van der Waals surface area (Å²) in [6.07, 6.45) is 2.94. The monoisotopic (exact) mass is 520 g/mol. The highest BCUT2D eigenvalue weighted by atomic mass is 35.5. The quantitative estimate of drug-likeness (QED) is 0.524. The van der Waals surface area contributed by atoms with Crippen molar-refractivity contribution >= 4 is 29.1 Å². The Labute approximate surface area is 221 Å². The number of nitriles is 1. The molecular formula is C27H29ClN6O3. The molecule has 5 rings (SSSR count). The zero-order chi connectivity index (χ0) is 25.8. The summed E-state index contributed by atoms with van der Waals surface area (Å²) in [4.78, 5) is 17.4. The van der Waals surface area contributed by atoms with Crippen molar-refractivity contribution in [1.29, 1.82) is 5.26 Å². The lowest BCUT2D eigenvalue weighted by atomic mass is 10.0. The molecule has 2 fully saturated rings. The smallest absolute Gasteiger partial charge is 0.406 e. The van der Waals surface area contributed by atoms with Crippen LogP contribution in [0.15, 0.2) is 48.7 Å². The van der Waals surface area contributed by atoms with Crippen molar-refractivity contribution in [3.05, 3.63) is 64.9 Å². The van der Waals surface area contributed by atoms with Crippen LogP contribution in [-0.2, 0) is 4.74 Å². The third-order valence-electron chi connectivity index (χ3n) is 6.95. The van der Waals surface area contributed by atoms with Crippen LogP contribution in [0.5, 0.6) is 5.75 Å². The maximum Gasteiger partial charge on any atom is 0.417 e. The summed E-state index contributed by atoms with van der Waals surface area (Å²) < 4.78 is 12.6. The van der Waals surface area contributed by atoms with Gasteiger partial charge < -0.3 is 14.4 Å². The van der Waals surface area contributed by atoms with E-state index in [-0.39, 0.29) is 0 Å². The molecule has 0 bridgehead atoms. The number of hydrogen-bond acceptors (Lipinski definition) is 7. The van der Waals surface area contributed by atoms with E-state index in [9.17, 15) is 10.1 Å². The van der Waals surface area contributed by atoms with Gasteiger partial charge in [-0.15, -0.1) is 0 Å². The molecule has 192 valence electrons. The first-order valence-corrected chi connectivity index (χ1v) is 12.8. The Morgan fingerprint density at radius 1 is 1.16 bits per heavy atom. The van der Waals surface area contributed by atoms with Crippen molar-refractivity contribution in [3.63, 3.8) is 0 Å². The van der Waals surface area contributed by atoms with Gasteiger partial charge in [0, 0.05) is 42.9 Å². The van der Waals surface area contributed by atoms with Gasteiger partial charge in [-0.1, -0.05) is 17.7 Å². The van der Waals surface area contributed by atoms with Crippen LogP contribution in [0.1, 0.15) is 24.1 Å². The molecule has 1 amide bonds. The van der Waals surface area contributed by atoms with Crippen LogP contribution < -0.4 is 15.0 Å². The number of halogens is 1. The maximum atomic E-state index is 12.6. The summed E-state index contributed by atoms with van der Waals surface area (Å²) in [7, 11) is 0. The lowest BCUT2D eigenvalue weighted by Gasteiger charge is -2.41. The molecule has 0 saturated carbocycles. The average Bonchev–Trinajstić information content (AvgIpc) is 3.28. The van der Waals surface area contributed by atoms with Crippen molar-refractivity contribution in [2.24, 2.45) is 0 Å². The minimum atomic E-state index is -0.656. The molecule has 37 heavy (non-hydrogen) atoms. The first-order valence-electron chi connectivity index (χ1n) is 12.4. The van der Waals surface area contributed by atoms with Gasteiger partial charge in [-0.25, -0.2) is 9.48 Å².